The molecule has 6 nitrogen and oxygen atoms in total. The first-order chi connectivity index (χ1) is 14.1. The second-order valence-corrected chi connectivity index (χ2v) is 8.08. The summed E-state index contributed by atoms with van der Waals surface area (Å²) >= 11 is 0. The number of piperidine rings is 1. The molecule has 0 bridgehead atoms. The zero-order chi connectivity index (χ0) is 20.4. The Balaban J connectivity index is 1.52. The van der Waals surface area contributed by atoms with E-state index < -0.39 is 0 Å². The first-order valence-electron chi connectivity index (χ1n) is 10.6. The highest BCUT2D eigenvalue weighted by Crippen LogP contribution is 2.33. The van der Waals surface area contributed by atoms with Gasteiger partial charge in [-0.25, -0.2) is 0 Å². The largest absolute Gasteiger partial charge is 0.381 e. The van der Waals surface area contributed by atoms with Gasteiger partial charge >= 0.3 is 0 Å². The van der Waals surface area contributed by atoms with E-state index in [0.29, 0.717) is 37.7 Å². The van der Waals surface area contributed by atoms with E-state index in [1.54, 1.807) is 6.20 Å². The van der Waals surface area contributed by atoms with E-state index in [1.807, 2.05) is 41.8 Å². The lowest BCUT2D eigenvalue weighted by Crippen LogP contribution is -2.51. The van der Waals surface area contributed by atoms with E-state index >= 15 is 0 Å². The summed E-state index contributed by atoms with van der Waals surface area (Å²) in [4.78, 5) is 34.4. The number of aromatic nitrogens is 1. The van der Waals surface area contributed by atoms with Crippen molar-refractivity contribution in [2.75, 3.05) is 32.8 Å². The number of likely N-dealkylation sites (tertiary alicyclic amines) is 2. The molecule has 1 aromatic carbocycles. The molecule has 0 radical (unpaired) electrons. The summed E-state index contributed by atoms with van der Waals surface area (Å²) in [5.41, 5.74) is 2.46. The number of ether oxygens (including phenoxy) is 1. The van der Waals surface area contributed by atoms with Crippen molar-refractivity contribution in [2.24, 2.45) is 5.92 Å². The molecule has 3 heterocycles. The molecule has 1 aromatic heterocycles. The molecule has 2 aromatic rings. The second-order valence-electron chi connectivity index (χ2n) is 8.08. The van der Waals surface area contributed by atoms with Gasteiger partial charge in [0.05, 0.1) is 30.1 Å². The SMILES string of the molecule is CCOCCC(=O)N1CCC2CCN(C(=O)c3cc(C)cc4cccnc34)CC21. The van der Waals surface area contributed by atoms with Crippen molar-refractivity contribution in [1.82, 2.24) is 14.8 Å². The fraction of sp³-hybridized carbons (Fsp3) is 0.522. The summed E-state index contributed by atoms with van der Waals surface area (Å²) in [7, 11) is 0. The predicted octanol–water partition coefficient (Wildman–Crippen LogP) is 3.03. The number of fused-ring (bicyclic) bond motifs is 2. The van der Waals surface area contributed by atoms with Gasteiger partial charge in [-0.1, -0.05) is 6.07 Å². The Labute approximate surface area is 171 Å². The lowest BCUT2D eigenvalue weighted by atomic mass is 9.91. The van der Waals surface area contributed by atoms with Crippen LogP contribution in [0.2, 0.25) is 0 Å². The smallest absolute Gasteiger partial charge is 0.256 e. The fourth-order valence-electron chi connectivity index (χ4n) is 4.76. The number of hydrogen-bond acceptors (Lipinski definition) is 4. The highest BCUT2D eigenvalue weighted by Gasteiger charge is 2.41. The summed E-state index contributed by atoms with van der Waals surface area (Å²) < 4.78 is 5.35. The van der Waals surface area contributed by atoms with Crippen LogP contribution in [-0.2, 0) is 9.53 Å². The van der Waals surface area contributed by atoms with Gasteiger partial charge in [-0.05, 0) is 56.4 Å². The highest BCUT2D eigenvalue weighted by molar-refractivity contribution is 6.05. The third kappa shape index (κ3) is 3.99. The Kier molecular flexibility index (Phi) is 5.81. The average molecular weight is 396 g/mol. The van der Waals surface area contributed by atoms with E-state index in [9.17, 15) is 9.59 Å². The third-order valence-corrected chi connectivity index (χ3v) is 6.21. The van der Waals surface area contributed by atoms with Crippen LogP contribution in [0.1, 0.15) is 42.1 Å². The van der Waals surface area contributed by atoms with Crippen molar-refractivity contribution in [3.8, 4) is 0 Å². The molecule has 2 unspecified atom stereocenters. The van der Waals surface area contributed by atoms with Crippen LogP contribution in [0.15, 0.2) is 30.5 Å². The lowest BCUT2D eigenvalue weighted by Gasteiger charge is -2.38. The fourth-order valence-corrected chi connectivity index (χ4v) is 4.76. The zero-order valence-corrected chi connectivity index (χ0v) is 17.3. The summed E-state index contributed by atoms with van der Waals surface area (Å²) in [5.74, 6) is 0.648. The van der Waals surface area contributed by atoms with Gasteiger partial charge in [-0.2, -0.15) is 0 Å². The van der Waals surface area contributed by atoms with Crippen LogP contribution in [-0.4, -0.2) is 65.5 Å². The zero-order valence-electron chi connectivity index (χ0n) is 17.3. The molecule has 29 heavy (non-hydrogen) atoms. The number of hydrogen-bond donors (Lipinski definition) is 0. The summed E-state index contributed by atoms with van der Waals surface area (Å²) in [6, 6.07) is 8.00. The maximum Gasteiger partial charge on any atom is 0.256 e. The molecule has 0 N–H and O–H groups in total. The lowest BCUT2D eigenvalue weighted by molar-refractivity contribution is -0.134. The van der Waals surface area contributed by atoms with Crippen molar-refractivity contribution < 1.29 is 14.3 Å². The van der Waals surface area contributed by atoms with E-state index in [1.165, 1.54) is 0 Å². The number of carbonyl (C=O) groups excluding carboxylic acids is 2. The van der Waals surface area contributed by atoms with Crippen LogP contribution < -0.4 is 0 Å². The number of benzene rings is 1. The van der Waals surface area contributed by atoms with Crippen LogP contribution in [0.5, 0.6) is 0 Å². The van der Waals surface area contributed by atoms with Gasteiger partial charge in [0.2, 0.25) is 5.91 Å². The molecule has 2 aliphatic heterocycles. The van der Waals surface area contributed by atoms with Crippen molar-refractivity contribution >= 4 is 22.7 Å². The molecule has 6 heteroatoms. The molecule has 2 aliphatic rings. The van der Waals surface area contributed by atoms with E-state index in [4.69, 9.17) is 4.74 Å². The minimum Gasteiger partial charge on any atom is -0.381 e. The molecule has 154 valence electrons. The first-order valence-corrected chi connectivity index (χ1v) is 10.6. The van der Waals surface area contributed by atoms with E-state index in [-0.39, 0.29) is 17.9 Å². The van der Waals surface area contributed by atoms with Crippen LogP contribution >= 0.6 is 0 Å². The maximum atomic E-state index is 13.4. The predicted molar refractivity (Wildman–Crippen MR) is 112 cm³/mol. The van der Waals surface area contributed by atoms with Gasteiger partial charge in [-0.15, -0.1) is 0 Å². The molecule has 4 rings (SSSR count). The number of aryl methyl sites for hydroxylation is 1. The summed E-state index contributed by atoms with van der Waals surface area (Å²) in [6.45, 7) is 7.16. The van der Waals surface area contributed by atoms with Gasteiger partial charge in [0.15, 0.2) is 0 Å². The molecular weight excluding hydrogens is 366 g/mol. The Morgan fingerprint density at radius 3 is 2.90 bits per heavy atom. The topological polar surface area (TPSA) is 62.7 Å². The number of pyridine rings is 1. The maximum absolute atomic E-state index is 13.4. The summed E-state index contributed by atoms with van der Waals surface area (Å²) in [6.07, 6.45) is 4.12. The van der Waals surface area contributed by atoms with Crippen LogP contribution in [0.25, 0.3) is 10.9 Å². The van der Waals surface area contributed by atoms with Gasteiger partial charge in [0.1, 0.15) is 0 Å². The number of amides is 2. The van der Waals surface area contributed by atoms with Crippen LogP contribution in [0, 0.1) is 12.8 Å². The Morgan fingerprint density at radius 2 is 2.07 bits per heavy atom. The molecule has 2 saturated heterocycles. The molecule has 0 spiro atoms. The van der Waals surface area contributed by atoms with Crippen molar-refractivity contribution in [2.45, 2.75) is 39.2 Å². The first kappa shape index (κ1) is 19.8. The minimum absolute atomic E-state index is 0.0180. The third-order valence-electron chi connectivity index (χ3n) is 6.21. The summed E-state index contributed by atoms with van der Waals surface area (Å²) in [5, 5.41) is 0.985. The van der Waals surface area contributed by atoms with Gasteiger partial charge in [0.25, 0.3) is 5.91 Å². The molecule has 2 amide bonds. The number of rotatable bonds is 5. The van der Waals surface area contributed by atoms with E-state index in [2.05, 4.69) is 11.1 Å². The average Bonchev–Trinajstić information content (AvgIpc) is 3.16. The van der Waals surface area contributed by atoms with Crippen LogP contribution in [0.3, 0.4) is 0 Å². The molecular formula is C23H29N3O3. The highest BCUT2D eigenvalue weighted by atomic mass is 16.5. The standard InChI is InChI=1S/C23H29N3O3/c1-3-29-12-8-21(27)26-11-7-17-6-10-25(15-20(17)26)23(28)19-14-16(2)13-18-5-4-9-24-22(18)19/h4-5,9,13-14,17,20H,3,6-8,10-12,15H2,1-2H3. The van der Waals surface area contributed by atoms with Gasteiger partial charge in [-0.3, -0.25) is 14.6 Å². The molecule has 2 fully saturated rings. The Hall–Kier alpha value is -2.47. The monoisotopic (exact) mass is 395 g/mol. The Morgan fingerprint density at radius 1 is 1.24 bits per heavy atom. The number of carbonyl (C=O) groups is 2. The van der Waals surface area contributed by atoms with Crippen LogP contribution in [0.4, 0.5) is 0 Å². The van der Waals surface area contributed by atoms with Gasteiger partial charge in [0, 0.05) is 37.8 Å². The number of nitrogens with zero attached hydrogens (tertiary/aromatic N) is 3. The molecule has 2 atom stereocenters. The molecule has 0 saturated carbocycles. The Bertz CT molecular complexity index is 913. The molecule has 0 aliphatic carbocycles. The normalized spacial score (nSPS) is 21.4. The quantitative estimate of drug-likeness (QED) is 0.730. The van der Waals surface area contributed by atoms with Crippen molar-refractivity contribution in [3.05, 3.63) is 41.6 Å². The minimum atomic E-state index is 0.0180. The second kappa shape index (κ2) is 8.49. The van der Waals surface area contributed by atoms with Crippen molar-refractivity contribution in [1.29, 1.82) is 0 Å². The van der Waals surface area contributed by atoms with Crippen molar-refractivity contribution in [3.63, 3.8) is 0 Å². The van der Waals surface area contributed by atoms with Gasteiger partial charge < -0.3 is 14.5 Å². The van der Waals surface area contributed by atoms with E-state index in [0.717, 1.165) is 42.4 Å².